The quantitative estimate of drug-likeness (QED) is 0.782. The molecule has 0 bridgehead atoms. The molecule has 138 valence electrons. The number of hydrogen-bond donors (Lipinski definition) is 0. The normalized spacial score (nSPS) is 15.9. The molecule has 0 fully saturated rings. The maximum atomic E-state index is 12.8. The van der Waals surface area contributed by atoms with E-state index in [1.165, 1.54) is 11.1 Å². The molecule has 1 aliphatic rings. The lowest BCUT2D eigenvalue weighted by molar-refractivity contribution is -0.132. The molecular weight excluding hydrogens is 326 g/mol. The van der Waals surface area contributed by atoms with Gasteiger partial charge in [0, 0.05) is 13.5 Å². The number of benzene rings is 2. The van der Waals surface area contributed by atoms with Crippen LogP contribution in [-0.2, 0) is 17.6 Å². The SMILES string of the molecule is COc1ccc(CCC(=O)N(C)[C@H]2CCCc3ccccc32)cc1OC. The molecule has 0 radical (unpaired) electrons. The Morgan fingerprint density at radius 3 is 2.65 bits per heavy atom. The molecule has 0 spiro atoms. The molecule has 0 saturated heterocycles. The van der Waals surface area contributed by atoms with Crippen molar-refractivity contribution in [2.45, 2.75) is 38.1 Å². The Bertz CT molecular complexity index is 772. The lowest BCUT2D eigenvalue weighted by atomic mass is 9.87. The maximum Gasteiger partial charge on any atom is 0.223 e. The van der Waals surface area contributed by atoms with Crippen LogP contribution in [0.4, 0.5) is 0 Å². The fourth-order valence-electron chi connectivity index (χ4n) is 3.77. The van der Waals surface area contributed by atoms with Crippen LogP contribution in [0.25, 0.3) is 0 Å². The monoisotopic (exact) mass is 353 g/mol. The van der Waals surface area contributed by atoms with Gasteiger partial charge in [-0.2, -0.15) is 0 Å². The Hall–Kier alpha value is -2.49. The van der Waals surface area contributed by atoms with Crippen LogP contribution < -0.4 is 9.47 Å². The van der Waals surface area contributed by atoms with Gasteiger partial charge in [0.1, 0.15) is 0 Å². The van der Waals surface area contributed by atoms with Gasteiger partial charge < -0.3 is 14.4 Å². The summed E-state index contributed by atoms with van der Waals surface area (Å²) in [4.78, 5) is 14.7. The molecule has 1 aliphatic carbocycles. The number of amides is 1. The summed E-state index contributed by atoms with van der Waals surface area (Å²) in [5, 5.41) is 0. The van der Waals surface area contributed by atoms with Crippen LogP contribution in [0.5, 0.6) is 11.5 Å². The minimum Gasteiger partial charge on any atom is -0.493 e. The van der Waals surface area contributed by atoms with E-state index in [9.17, 15) is 4.79 Å². The summed E-state index contributed by atoms with van der Waals surface area (Å²) in [5.74, 6) is 1.59. The Balaban J connectivity index is 1.65. The zero-order valence-electron chi connectivity index (χ0n) is 15.8. The van der Waals surface area contributed by atoms with Crippen molar-refractivity contribution in [2.75, 3.05) is 21.3 Å². The van der Waals surface area contributed by atoms with Gasteiger partial charge in [0.15, 0.2) is 11.5 Å². The Morgan fingerprint density at radius 1 is 1.12 bits per heavy atom. The van der Waals surface area contributed by atoms with Gasteiger partial charge in [-0.25, -0.2) is 0 Å². The van der Waals surface area contributed by atoms with Gasteiger partial charge >= 0.3 is 0 Å². The highest BCUT2D eigenvalue weighted by Crippen LogP contribution is 2.34. The molecule has 0 aliphatic heterocycles. The Kier molecular flexibility index (Phi) is 5.82. The number of methoxy groups -OCH3 is 2. The summed E-state index contributed by atoms with van der Waals surface area (Å²) in [6.45, 7) is 0. The van der Waals surface area contributed by atoms with E-state index in [0.29, 0.717) is 24.3 Å². The van der Waals surface area contributed by atoms with Crippen molar-refractivity contribution in [3.63, 3.8) is 0 Å². The molecule has 26 heavy (non-hydrogen) atoms. The van der Waals surface area contributed by atoms with E-state index in [-0.39, 0.29) is 11.9 Å². The number of carbonyl (C=O) groups excluding carboxylic acids is 1. The predicted molar refractivity (Wildman–Crippen MR) is 103 cm³/mol. The van der Waals surface area contributed by atoms with Gasteiger partial charge in [0.2, 0.25) is 5.91 Å². The predicted octanol–water partition coefficient (Wildman–Crippen LogP) is 4.17. The minimum absolute atomic E-state index is 0.182. The third-order valence-electron chi connectivity index (χ3n) is 5.27. The van der Waals surface area contributed by atoms with Crippen LogP contribution in [0.15, 0.2) is 42.5 Å². The van der Waals surface area contributed by atoms with E-state index in [2.05, 4.69) is 24.3 Å². The molecule has 4 heteroatoms. The summed E-state index contributed by atoms with van der Waals surface area (Å²) in [5.41, 5.74) is 3.76. The first-order valence-electron chi connectivity index (χ1n) is 9.18. The zero-order chi connectivity index (χ0) is 18.5. The molecule has 0 saturated carbocycles. The molecule has 2 aromatic rings. The topological polar surface area (TPSA) is 38.8 Å². The summed E-state index contributed by atoms with van der Waals surface area (Å²) in [6, 6.07) is 14.5. The first-order chi connectivity index (χ1) is 12.6. The molecule has 1 amide bonds. The van der Waals surface area contributed by atoms with E-state index >= 15 is 0 Å². The van der Waals surface area contributed by atoms with Crippen molar-refractivity contribution < 1.29 is 14.3 Å². The highest BCUT2D eigenvalue weighted by Gasteiger charge is 2.26. The lowest BCUT2D eigenvalue weighted by Crippen LogP contribution is -2.33. The smallest absolute Gasteiger partial charge is 0.223 e. The molecule has 0 aromatic heterocycles. The minimum atomic E-state index is 0.182. The number of aryl methyl sites for hydroxylation is 2. The standard InChI is InChI=1S/C22H27NO3/c1-23(19-10-6-8-17-7-4-5-9-18(17)19)22(24)14-12-16-11-13-20(25-2)21(15-16)26-3/h4-5,7,9,11,13,15,19H,6,8,10,12,14H2,1-3H3/t19-/m0/s1. The molecule has 0 heterocycles. The van der Waals surface area contributed by atoms with Gasteiger partial charge in [-0.15, -0.1) is 0 Å². The van der Waals surface area contributed by atoms with Gasteiger partial charge in [-0.05, 0) is 54.5 Å². The average Bonchev–Trinajstić information content (AvgIpc) is 2.70. The lowest BCUT2D eigenvalue weighted by Gasteiger charge is -2.33. The van der Waals surface area contributed by atoms with Crippen LogP contribution in [0.1, 0.15) is 42.0 Å². The highest BCUT2D eigenvalue weighted by atomic mass is 16.5. The van der Waals surface area contributed by atoms with E-state index < -0.39 is 0 Å². The molecular formula is C22H27NO3. The van der Waals surface area contributed by atoms with Crippen molar-refractivity contribution in [3.8, 4) is 11.5 Å². The summed E-state index contributed by atoms with van der Waals surface area (Å²) in [7, 11) is 5.18. The average molecular weight is 353 g/mol. The molecule has 4 nitrogen and oxygen atoms in total. The third-order valence-corrected chi connectivity index (χ3v) is 5.27. The van der Waals surface area contributed by atoms with Crippen molar-refractivity contribution in [1.29, 1.82) is 0 Å². The largest absolute Gasteiger partial charge is 0.493 e. The first kappa shape index (κ1) is 18.3. The molecule has 0 unspecified atom stereocenters. The number of ether oxygens (including phenoxy) is 2. The van der Waals surface area contributed by atoms with Crippen LogP contribution in [0.3, 0.4) is 0 Å². The molecule has 0 N–H and O–H groups in total. The van der Waals surface area contributed by atoms with Crippen molar-refractivity contribution in [2.24, 2.45) is 0 Å². The van der Waals surface area contributed by atoms with Crippen LogP contribution >= 0.6 is 0 Å². The summed E-state index contributed by atoms with van der Waals surface area (Å²) < 4.78 is 10.6. The number of hydrogen-bond acceptors (Lipinski definition) is 3. The fourth-order valence-corrected chi connectivity index (χ4v) is 3.77. The van der Waals surface area contributed by atoms with Crippen molar-refractivity contribution in [3.05, 3.63) is 59.2 Å². The zero-order valence-corrected chi connectivity index (χ0v) is 15.8. The highest BCUT2D eigenvalue weighted by molar-refractivity contribution is 5.77. The van der Waals surface area contributed by atoms with E-state index in [1.807, 2.05) is 30.1 Å². The number of fused-ring (bicyclic) bond motifs is 1. The second-order valence-corrected chi connectivity index (χ2v) is 6.80. The van der Waals surface area contributed by atoms with Gasteiger partial charge in [0.25, 0.3) is 0 Å². The molecule has 1 atom stereocenters. The summed E-state index contributed by atoms with van der Waals surface area (Å²) in [6.07, 6.45) is 4.47. The maximum absolute atomic E-state index is 12.8. The van der Waals surface area contributed by atoms with Crippen LogP contribution in [-0.4, -0.2) is 32.1 Å². The third kappa shape index (κ3) is 3.85. The number of carbonyl (C=O) groups is 1. The first-order valence-corrected chi connectivity index (χ1v) is 9.18. The second kappa shape index (κ2) is 8.26. The van der Waals surface area contributed by atoms with Crippen LogP contribution in [0, 0.1) is 0 Å². The van der Waals surface area contributed by atoms with Crippen molar-refractivity contribution in [1.82, 2.24) is 4.90 Å². The van der Waals surface area contributed by atoms with E-state index in [0.717, 1.165) is 24.8 Å². The fraction of sp³-hybridized carbons (Fsp3) is 0.409. The van der Waals surface area contributed by atoms with E-state index in [4.69, 9.17) is 9.47 Å². The molecule has 3 rings (SSSR count). The number of rotatable bonds is 6. The summed E-state index contributed by atoms with van der Waals surface area (Å²) >= 11 is 0. The number of nitrogens with zero attached hydrogens (tertiary/aromatic N) is 1. The van der Waals surface area contributed by atoms with E-state index in [1.54, 1.807) is 14.2 Å². The van der Waals surface area contributed by atoms with Crippen molar-refractivity contribution >= 4 is 5.91 Å². The molecule has 2 aromatic carbocycles. The van der Waals surface area contributed by atoms with Gasteiger partial charge in [-0.3, -0.25) is 4.79 Å². The Labute approximate surface area is 155 Å². The second-order valence-electron chi connectivity index (χ2n) is 6.80. The Morgan fingerprint density at radius 2 is 1.88 bits per heavy atom. The van der Waals surface area contributed by atoms with Gasteiger partial charge in [0.05, 0.1) is 20.3 Å². The van der Waals surface area contributed by atoms with Gasteiger partial charge in [-0.1, -0.05) is 30.3 Å². The van der Waals surface area contributed by atoms with Crippen LogP contribution in [0.2, 0.25) is 0 Å².